The molecule has 0 amide bonds. The summed E-state index contributed by atoms with van der Waals surface area (Å²) in [6.45, 7) is 5.23. The highest BCUT2D eigenvalue weighted by atomic mass is 32.2. The SMILES string of the molecule is Cc1[nH]nc(-c2ccc(S(=O)(=O)N3CCCCCC3)s2)c1C. The van der Waals surface area contributed by atoms with Crippen LogP contribution in [-0.4, -0.2) is 36.0 Å². The topological polar surface area (TPSA) is 66.1 Å². The Hall–Kier alpha value is -1.18. The van der Waals surface area contributed by atoms with Crippen molar-refractivity contribution in [2.75, 3.05) is 13.1 Å². The fourth-order valence-electron chi connectivity index (χ4n) is 2.72. The van der Waals surface area contributed by atoms with Crippen LogP contribution in [0.25, 0.3) is 10.6 Å². The number of aromatic nitrogens is 2. The van der Waals surface area contributed by atoms with Crippen molar-refractivity contribution >= 4 is 21.4 Å². The van der Waals surface area contributed by atoms with Crippen LogP contribution in [0.1, 0.15) is 36.9 Å². The smallest absolute Gasteiger partial charge is 0.252 e. The zero-order valence-corrected chi connectivity index (χ0v) is 14.6. The summed E-state index contributed by atoms with van der Waals surface area (Å²) in [5, 5.41) is 7.24. The molecule has 0 unspecified atom stereocenters. The van der Waals surface area contributed by atoms with Gasteiger partial charge in [0.05, 0.1) is 4.88 Å². The van der Waals surface area contributed by atoms with Gasteiger partial charge in [-0.05, 0) is 44.4 Å². The van der Waals surface area contributed by atoms with Gasteiger partial charge in [-0.1, -0.05) is 12.8 Å². The van der Waals surface area contributed by atoms with Crippen molar-refractivity contribution in [3.63, 3.8) is 0 Å². The van der Waals surface area contributed by atoms with Gasteiger partial charge in [-0.3, -0.25) is 5.10 Å². The molecule has 0 saturated carbocycles. The molecule has 0 radical (unpaired) electrons. The number of nitrogens with zero attached hydrogens (tertiary/aromatic N) is 2. The molecule has 0 bridgehead atoms. The minimum absolute atomic E-state index is 0.421. The number of hydrogen-bond acceptors (Lipinski definition) is 4. The molecular weight excluding hydrogens is 318 g/mol. The van der Waals surface area contributed by atoms with Crippen molar-refractivity contribution < 1.29 is 8.42 Å². The first-order chi connectivity index (χ1) is 10.5. The molecule has 3 heterocycles. The molecule has 0 aliphatic carbocycles. The van der Waals surface area contributed by atoms with Gasteiger partial charge >= 0.3 is 0 Å². The predicted molar refractivity (Wildman–Crippen MR) is 88.6 cm³/mol. The Morgan fingerprint density at radius 2 is 1.82 bits per heavy atom. The van der Waals surface area contributed by atoms with Gasteiger partial charge in [0.1, 0.15) is 9.90 Å². The maximum Gasteiger partial charge on any atom is 0.252 e. The van der Waals surface area contributed by atoms with E-state index < -0.39 is 10.0 Å². The van der Waals surface area contributed by atoms with Crippen LogP contribution >= 0.6 is 11.3 Å². The second kappa shape index (κ2) is 6.14. The van der Waals surface area contributed by atoms with Crippen molar-refractivity contribution in [2.24, 2.45) is 0 Å². The molecule has 120 valence electrons. The van der Waals surface area contributed by atoms with Crippen LogP contribution in [0.5, 0.6) is 0 Å². The van der Waals surface area contributed by atoms with E-state index in [1.807, 2.05) is 19.9 Å². The molecule has 2 aromatic rings. The van der Waals surface area contributed by atoms with Crippen LogP contribution in [0.4, 0.5) is 0 Å². The number of aryl methyl sites for hydroxylation is 1. The number of nitrogens with one attached hydrogen (secondary N) is 1. The summed E-state index contributed by atoms with van der Waals surface area (Å²) in [6, 6.07) is 3.57. The van der Waals surface area contributed by atoms with E-state index in [-0.39, 0.29) is 0 Å². The molecule has 5 nitrogen and oxygen atoms in total. The van der Waals surface area contributed by atoms with E-state index in [1.165, 1.54) is 11.3 Å². The molecule has 0 spiro atoms. The molecule has 1 aliphatic rings. The van der Waals surface area contributed by atoms with Gasteiger partial charge in [-0.15, -0.1) is 11.3 Å². The first-order valence-corrected chi connectivity index (χ1v) is 9.88. The number of hydrogen-bond donors (Lipinski definition) is 1. The van der Waals surface area contributed by atoms with Crippen molar-refractivity contribution in [1.82, 2.24) is 14.5 Å². The van der Waals surface area contributed by atoms with Crippen molar-refractivity contribution in [1.29, 1.82) is 0 Å². The van der Waals surface area contributed by atoms with Gasteiger partial charge in [-0.25, -0.2) is 8.42 Å². The maximum atomic E-state index is 12.8. The highest BCUT2D eigenvalue weighted by Crippen LogP contribution is 2.34. The first-order valence-electron chi connectivity index (χ1n) is 7.62. The summed E-state index contributed by atoms with van der Waals surface area (Å²) >= 11 is 1.31. The molecule has 7 heteroatoms. The summed E-state index contributed by atoms with van der Waals surface area (Å²) in [7, 11) is -3.36. The molecule has 1 fully saturated rings. The summed E-state index contributed by atoms with van der Waals surface area (Å²) < 4.78 is 27.6. The standard InChI is InChI=1S/C15H21N3O2S2/c1-11-12(2)16-17-15(11)13-7-8-14(21-13)22(19,20)18-9-5-3-4-6-10-18/h7-8H,3-6,9-10H2,1-2H3,(H,16,17). The lowest BCUT2D eigenvalue weighted by molar-refractivity contribution is 0.425. The van der Waals surface area contributed by atoms with E-state index in [4.69, 9.17) is 0 Å². The Balaban J connectivity index is 1.91. The van der Waals surface area contributed by atoms with Crippen molar-refractivity contribution in [3.05, 3.63) is 23.4 Å². The van der Waals surface area contributed by atoms with Gasteiger partial charge in [0, 0.05) is 18.8 Å². The average molecular weight is 339 g/mol. The fraction of sp³-hybridized carbons (Fsp3) is 0.533. The number of sulfonamides is 1. The molecule has 1 N–H and O–H groups in total. The van der Waals surface area contributed by atoms with E-state index in [0.29, 0.717) is 17.3 Å². The highest BCUT2D eigenvalue weighted by Gasteiger charge is 2.27. The highest BCUT2D eigenvalue weighted by molar-refractivity contribution is 7.91. The van der Waals surface area contributed by atoms with Gasteiger partial charge in [0.2, 0.25) is 0 Å². The van der Waals surface area contributed by atoms with Gasteiger partial charge in [0.15, 0.2) is 0 Å². The lowest BCUT2D eigenvalue weighted by Gasteiger charge is -2.18. The van der Waals surface area contributed by atoms with Crippen LogP contribution < -0.4 is 0 Å². The number of thiophene rings is 1. The third-order valence-corrected chi connectivity index (χ3v) is 7.69. The fourth-order valence-corrected chi connectivity index (χ4v) is 5.74. The zero-order chi connectivity index (χ0) is 15.7. The van der Waals surface area contributed by atoms with E-state index in [9.17, 15) is 8.42 Å². The van der Waals surface area contributed by atoms with Gasteiger partial charge in [-0.2, -0.15) is 9.40 Å². The number of rotatable bonds is 3. The van der Waals surface area contributed by atoms with Gasteiger partial charge < -0.3 is 0 Å². The summed E-state index contributed by atoms with van der Waals surface area (Å²) in [5.41, 5.74) is 2.93. The molecule has 22 heavy (non-hydrogen) atoms. The molecule has 0 atom stereocenters. The lowest BCUT2D eigenvalue weighted by atomic mass is 10.2. The molecule has 0 aromatic carbocycles. The van der Waals surface area contributed by atoms with Crippen LogP contribution in [0.3, 0.4) is 0 Å². The van der Waals surface area contributed by atoms with Gasteiger partial charge in [0.25, 0.3) is 10.0 Å². The Morgan fingerprint density at radius 1 is 1.14 bits per heavy atom. The largest absolute Gasteiger partial charge is 0.282 e. The minimum atomic E-state index is -3.36. The van der Waals surface area contributed by atoms with Crippen LogP contribution in [0.2, 0.25) is 0 Å². The van der Waals surface area contributed by atoms with E-state index in [1.54, 1.807) is 10.4 Å². The third kappa shape index (κ3) is 2.85. The molecule has 2 aromatic heterocycles. The van der Waals surface area contributed by atoms with E-state index in [0.717, 1.165) is 47.5 Å². The predicted octanol–water partition coefficient (Wildman–Crippen LogP) is 3.32. The minimum Gasteiger partial charge on any atom is -0.282 e. The third-order valence-electron chi connectivity index (χ3n) is 4.23. The van der Waals surface area contributed by atoms with Crippen LogP contribution in [0.15, 0.2) is 16.3 Å². The van der Waals surface area contributed by atoms with E-state index >= 15 is 0 Å². The monoisotopic (exact) mass is 339 g/mol. The molecule has 1 saturated heterocycles. The Morgan fingerprint density at radius 3 is 2.41 bits per heavy atom. The Labute approximate surface area is 135 Å². The second-order valence-electron chi connectivity index (χ2n) is 5.76. The van der Waals surface area contributed by atoms with Crippen molar-refractivity contribution in [3.8, 4) is 10.6 Å². The van der Waals surface area contributed by atoms with E-state index in [2.05, 4.69) is 10.2 Å². The second-order valence-corrected chi connectivity index (χ2v) is 9.01. The first kappa shape index (κ1) is 15.7. The summed E-state index contributed by atoms with van der Waals surface area (Å²) in [4.78, 5) is 0.898. The molecular formula is C15H21N3O2S2. The summed E-state index contributed by atoms with van der Waals surface area (Å²) in [6.07, 6.45) is 4.14. The number of H-pyrrole nitrogens is 1. The van der Waals surface area contributed by atoms with Crippen LogP contribution in [-0.2, 0) is 10.0 Å². The van der Waals surface area contributed by atoms with Crippen LogP contribution in [0, 0.1) is 13.8 Å². The molecule has 3 rings (SSSR count). The normalized spacial score (nSPS) is 17.5. The summed E-state index contributed by atoms with van der Waals surface area (Å²) in [5.74, 6) is 0. The maximum absolute atomic E-state index is 12.8. The lowest BCUT2D eigenvalue weighted by Crippen LogP contribution is -2.31. The number of aromatic amines is 1. The average Bonchev–Trinajstić information content (AvgIpc) is 2.98. The quantitative estimate of drug-likeness (QED) is 0.933. The Kier molecular flexibility index (Phi) is 4.38. The van der Waals surface area contributed by atoms with Crippen molar-refractivity contribution in [2.45, 2.75) is 43.7 Å². The Bertz CT molecular complexity index is 754. The zero-order valence-electron chi connectivity index (χ0n) is 12.9. The molecule has 1 aliphatic heterocycles.